The molecule has 0 bridgehead atoms. The molecule has 0 heterocycles. The van der Waals surface area contributed by atoms with Crippen LogP contribution in [0, 0.1) is 17.0 Å². The molecule has 1 atom stereocenters. The molecule has 1 aromatic rings. The van der Waals surface area contributed by atoms with Gasteiger partial charge in [-0.15, -0.1) is 0 Å². The first-order valence-electron chi connectivity index (χ1n) is 6.13. The van der Waals surface area contributed by atoms with E-state index in [1.807, 2.05) is 0 Å². The van der Waals surface area contributed by atoms with Crippen molar-refractivity contribution in [1.29, 1.82) is 0 Å². The Kier molecular flexibility index (Phi) is 5.39. The molecule has 1 aromatic carbocycles. The Balaban J connectivity index is 3.11. The Morgan fingerprint density at radius 2 is 2.10 bits per heavy atom. The molecule has 9 heteroatoms. The van der Waals surface area contributed by atoms with E-state index in [4.69, 9.17) is 4.74 Å². The minimum absolute atomic E-state index is 0.126. The van der Waals surface area contributed by atoms with Crippen molar-refractivity contribution >= 4 is 21.7 Å². The number of ether oxygens (including phenoxy) is 1. The Labute approximate surface area is 122 Å². The van der Waals surface area contributed by atoms with Gasteiger partial charge in [0.05, 0.1) is 16.4 Å². The summed E-state index contributed by atoms with van der Waals surface area (Å²) in [6.07, 6.45) is 0. The topological polar surface area (TPSA) is 116 Å². The van der Waals surface area contributed by atoms with E-state index < -0.39 is 27.0 Å². The monoisotopic (exact) mass is 316 g/mol. The average molecular weight is 316 g/mol. The first kappa shape index (κ1) is 17.1. The van der Waals surface area contributed by atoms with Crippen molar-refractivity contribution < 1.29 is 22.9 Å². The summed E-state index contributed by atoms with van der Waals surface area (Å²) < 4.78 is 31.3. The smallest absolute Gasteiger partial charge is 0.323 e. The van der Waals surface area contributed by atoms with Crippen LogP contribution in [-0.4, -0.2) is 32.0 Å². The van der Waals surface area contributed by atoms with E-state index in [-0.39, 0.29) is 17.2 Å². The Hall–Kier alpha value is -2.00. The highest BCUT2D eigenvalue weighted by atomic mass is 32.2. The van der Waals surface area contributed by atoms with Crippen LogP contribution < -0.4 is 4.72 Å². The van der Waals surface area contributed by atoms with E-state index in [0.29, 0.717) is 5.56 Å². The van der Waals surface area contributed by atoms with Crippen molar-refractivity contribution in [3.05, 3.63) is 33.9 Å². The van der Waals surface area contributed by atoms with Crippen molar-refractivity contribution in [2.24, 2.45) is 0 Å². The summed E-state index contributed by atoms with van der Waals surface area (Å²) >= 11 is 0. The van der Waals surface area contributed by atoms with Crippen molar-refractivity contribution in [3.8, 4) is 0 Å². The number of aryl methyl sites for hydroxylation is 1. The van der Waals surface area contributed by atoms with E-state index in [1.54, 1.807) is 6.92 Å². The number of rotatable bonds is 6. The molecule has 0 fully saturated rings. The lowest BCUT2D eigenvalue weighted by Crippen LogP contribution is -2.39. The molecular formula is C12H16N2O6S. The summed E-state index contributed by atoms with van der Waals surface area (Å²) in [4.78, 5) is 21.2. The lowest BCUT2D eigenvalue weighted by Gasteiger charge is -2.14. The maximum atomic E-state index is 12.2. The molecule has 0 aliphatic heterocycles. The molecular weight excluding hydrogens is 300 g/mol. The van der Waals surface area contributed by atoms with Crippen LogP contribution >= 0.6 is 0 Å². The maximum absolute atomic E-state index is 12.2. The standard InChI is InChI=1S/C12H16N2O6S/c1-4-20-12(15)9(3)13-21(18,19)11-7-10(14(16)17)6-5-8(11)2/h5-7,9,13H,4H2,1-3H3/t9-/m0/s1. The third-order valence-corrected chi connectivity index (χ3v) is 4.33. The van der Waals surface area contributed by atoms with Crippen molar-refractivity contribution in [2.45, 2.75) is 31.7 Å². The summed E-state index contributed by atoms with van der Waals surface area (Å²) in [5, 5.41) is 10.7. The largest absolute Gasteiger partial charge is 0.465 e. The molecule has 0 radical (unpaired) electrons. The van der Waals surface area contributed by atoms with Crippen LogP contribution in [0.3, 0.4) is 0 Å². The van der Waals surface area contributed by atoms with Crippen molar-refractivity contribution in [2.75, 3.05) is 6.61 Å². The highest BCUT2D eigenvalue weighted by Gasteiger charge is 2.25. The third kappa shape index (κ3) is 4.23. The fourth-order valence-electron chi connectivity index (χ4n) is 1.60. The second-order valence-electron chi connectivity index (χ2n) is 4.30. The van der Waals surface area contributed by atoms with E-state index in [1.165, 1.54) is 26.0 Å². The molecule has 116 valence electrons. The van der Waals surface area contributed by atoms with Crippen molar-refractivity contribution in [3.63, 3.8) is 0 Å². The highest BCUT2D eigenvalue weighted by molar-refractivity contribution is 7.89. The molecule has 1 N–H and O–H groups in total. The van der Waals surface area contributed by atoms with Crippen LogP contribution in [0.15, 0.2) is 23.1 Å². The normalized spacial score (nSPS) is 12.7. The number of hydrogen-bond donors (Lipinski definition) is 1. The molecule has 0 saturated carbocycles. The maximum Gasteiger partial charge on any atom is 0.323 e. The predicted octanol–water partition coefficient (Wildman–Crippen LogP) is 1.13. The van der Waals surface area contributed by atoms with Crippen molar-refractivity contribution in [1.82, 2.24) is 4.72 Å². The molecule has 0 aromatic heterocycles. The van der Waals surface area contributed by atoms with Crippen LogP contribution in [-0.2, 0) is 19.6 Å². The molecule has 0 spiro atoms. The van der Waals surface area contributed by atoms with Crippen LogP contribution in [0.5, 0.6) is 0 Å². The number of nitro groups is 1. The summed E-state index contributed by atoms with van der Waals surface area (Å²) in [7, 11) is -4.06. The second kappa shape index (κ2) is 6.64. The van der Waals surface area contributed by atoms with Crippen LogP contribution in [0.25, 0.3) is 0 Å². The zero-order valence-corrected chi connectivity index (χ0v) is 12.6. The number of hydrogen-bond acceptors (Lipinski definition) is 6. The number of esters is 1. The number of sulfonamides is 1. The first-order valence-corrected chi connectivity index (χ1v) is 7.61. The summed E-state index contributed by atoms with van der Waals surface area (Å²) in [5.74, 6) is -0.718. The summed E-state index contributed by atoms with van der Waals surface area (Å²) in [6.45, 7) is 4.57. The van der Waals surface area contributed by atoms with Gasteiger partial charge in [0.15, 0.2) is 0 Å². The molecule has 0 saturated heterocycles. The molecule has 1 rings (SSSR count). The molecule has 0 amide bonds. The lowest BCUT2D eigenvalue weighted by atomic mass is 10.2. The minimum Gasteiger partial charge on any atom is -0.465 e. The Bertz CT molecular complexity index is 656. The van der Waals surface area contributed by atoms with Gasteiger partial charge in [-0.1, -0.05) is 6.07 Å². The number of nitro benzene ring substituents is 1. The van der Waals surface area contributed by atoms with Gasteiger partial charge in [0, 0.05) is 12.1 Å². The zero-order chi connectivity index (χ0) is 16.2. The highest BCUT2D eigenvalue weighted by Crippen LogP contribution is 2.21. The van der Waals surface area contributed by atoms with Gasteiger partial charge in [-0.05, 0) is 26.3 Å². The SMILES string of the molecule is CCOC(=O)[C@H](C)NS(=O)(=O)c1cc([N+](=O)[O-])ccc1C. The number of carbonyl (C=O) groups excluding carboxylic acids is 1. The lowest BCUT2D eigenvalue weighted by molar-refractivity contribution is -0.385. The number of carbonyl (C=O) groups is 1. The Morgan fingerprint density at radius 1 is 1.48 bits per heavy atom. The Morgan fingerprint density at radius 3 is 2.62 bits per heavy atom. The number of non-ortho nitro benzene ring substituents is 1. The van der Waals surface area contributed by atoms with Crippen LogP contribution in [0.4, 0.5) is 5.69 Å². The fraction of sp³-hybridized carbons (Fsp3) is 0.417. The van der Waals surface area contributed by atoms with Gasteiger partial charge >= 0.3 is 5.97 Å². The van der Waals surface area contributed by atoms with Gasteiger partial charge in [-0.25, -0.2) is 8.42 Å². The second-order valence-corrected chi connectivity index (χ2v) is 5.98. The van der Waals surface area contributed by atoms with Gasteiger partial charge in [-0.3, -0.25) is 14.9 Å². The van der Waals surface area contributed by atoms with E-state index >= 15 is 0 Å². The van der Waals surface area contributed by atoms with Gasteiger partial charge in [0.25, 0.3) is 5.69 Å². The molecule has 0 aliphatic rings. The summed E-state index contributed by atoms with van der Waals surface area (Å²) in [5.41, 5.74) is -0.00563. The zero-order valence-electron chi connectivity index (χ0n) is 11.8. The van der Waals surface area contributed by atoms with Crippen LogP contribution in [0.2, 0.25) is 0 Å². The van der Waals surface area contributed by atoms with Gasteiger partial charge in [0.2, 0.25) is 10.0 Å². The van der Waals surface area contributed by atoms with E-state index in [2.05, 4.69) is 4.72 Å². The quantitative estimate of drug-likeness (QED) is 0.478. The average Bonchev–Trinajstić information content (AvgIpc) is 2.38. The summed E-state index contributed by atoms with van der Waals surface area (Å²) in [6, 6.07) is 2.41. The van der Waals surface area contributed by atoms with Crippen LogP contribution in [0.1, 0.15) is 19.4 Å². The predicted molar refractivity (Wildman–Crippen MR) is 74.2 cm³/mol. The molecule has 21 heavy (non-hydrogen) atoms. The number of benzene rings is 1. The van der Waals surface area contributed by atoms with E-state index in [0.717, 1.165) is 6.07 Å². The number of nitrogens with zero attached hydrogens (tertiary/aromatic N) is 1. The van der Waals surface area contributed by atoms with Gasteiger partial charge in [-0.2, -0.15) is 4.72 Å². The molecule has 8 nitrogen and oxygen atoms in total. The minimum atomic E-state index is -4.06. The number of nitrogens with one attached hydrogen (secondary N) is 1. The van der Waals surface area contributed by atoms with Gasteiger partial charge < -0.3 is 4.74 Å². The van der Waals surface area contributed by atoms with E-state index in [9.17, 15) is 23.3 Å². The van der Waals surface area contributed by atoms with Gasteiger partial charge in [0.1, 0.15) is 6.04 Å². The molecule has 0 aliphatic carbocycles. The molecule has 0 unspecified atom stereocenters. The first-order chi connectivity index (χ1) is 9.69. The third-order valence-electron chi connectivity index (χ3n) is 2.64. The fourth-order valence-corrected chi connectivity index (χ4v) is 3.06.